The number of carboxylic acid groups (broad SMARTS) is 1. The molecule has 16 atom stereocenters. The van der Waals surface area contributed by atoms with Crippen LogP contribution in [0.1, 0.15) is 20.3 Å². The molecule has 0 aromatic carbocycles. The maximum atomic E-state index is 12.7. The average Bonchev–Trinajstić information content (AvgIpc) is 3.18. The van der Waals surface area contributed by atoms with E-state index in [1.807, 2.05) is 0 Å². The molecule has 3 rings (SSSR count). The predicted molar refractivity (Wildman–Crippen MR) is 189 cm³/mol. The predicted octanol–water partition coefficient (Wildman–Crippen LogP) is -6.87. The molecule has 1 amide bonds. The number of hydrogen-bond acceptors (Lipinski definition) is 23. The second-order valence-electron chi connectivity index (χ2n) is 13.5. The highest BCUT2D eigenvalue weighted by Gasteiger charge is 2.60. The molecular weight excluding hydrogens is 810 g/mol. The largest absolute Gasteiger partial charge is 0.477 e. The summed E-state index contributed by atoms with van der Waals surface area (Å²) < 4.78 is 49.6. The normalized spacial score (nSPS) is 36.6. The first-order valence-electron chi connectivity index (χ1n) is 18.4. The van der Waals surface area contributed by atoms with Gasteiger partial charge in [-0.05, 0) is 0 Å². The number of carboxylic acids is 1. The second kappa shape index (κ2) is 24.6. The minimum absolute atomic E-state index is 0.00848. The van der Waals surface area contributed by atoms with Gasteiger partial charge in [-0.15, -0.1) is 0 Å². The topological polar surface area (TPSA) is 369 Å². The summed E-state index contributed by atoms with van der Waals surface area (Å²) in [6.45, 7) is 0.963. The highest BCUT2D eigenvalue weighted by Crippen LogP contribution is 2.38. The van der Waals surface area contributed by atoms with Gasteiger partial charge in [-0.1, -0.05) is 11.8 Å². The van der Waals surface area contributed by atoms with Crippen LogP contribution in [0.2, 0.25) is 0 Å². The van der Waals surface area contributed by atoms with Crippen LogP contribution in [0.15, 0.2) is 0 Å². The fraction of sp³-hybridized carbons (Fsp3) is 0.909. The summed E-state index contributed by atoms with van der Waals surface area (Å²) in [5.74, 6) is -5.23. The van der Waals surface area contributed by atoms with Crippen molar-refractivity contribution in [1.82, 2.24) is 5.32 Å². The van der Waals surface area contributed by atoms with Crippen LogP contribution in [0.4, 0.5) is 0 Å². The number of amides is 1. The van der Waals surface area contributed by atoms with Crippen LogP contribution in [-0.4, -0.2) is 243 Å². The second-order valence-corrected chi connectivity index (χ2v) is 14.8. The number of thioether (sulfide) groups is 1. The Bertz CT molecular complexity index is 1260. The number of hydrogen-bond donors (Lipinski definition) is 12. The van der Waals surface area contributed by atoms with Gasteiger partial charge in [0.15, 0.2) is 17.7 Å². The van der Waals surface area contributed by atoms with E-state index < -0.39 is 136 Å². The Morgan fingerprint density at radius 1 is 0.776 bits per heavy atom. The number of rotatable bonds is 24. The zero-order chi connectivity index (χ0) is 43.2. The van der Waals surface area contributed by atoms with E-state index in [9.17, 15) is 70.6 Å². The quantitative estimate of drug-likeness (QED) is 0.0401. The average molecular weight is 868 g/mol. The Kier molecular flexibility index (Phi) is 21.4. The van der Waals surface area contributed by atoms with E-state index in [4.69, 9.17) is 42.6 Å². The first-order chi connectivity index (χ1) is 27.5. The van der Waals surface area contributed by atoms with Gasteiger partial charge in [-0.2, -0.15) is 0 Å². The molecule has 0 spiro atoms. The number of aliphatic hydroxyl groups is 10. The summed E-state index contributed by atoms with van der Waals surface area (Å²) in [6, 6.07) is -1.56. The van der Waals surface area contributed by atoms with Gasteiger partial charge in [-0.3, -0.25) is 9.59 Å². The lowest BCUT2D eigenvalue weighted by Crippen LogP contribution is -2.70. The number of nitrogens with one attached hydrogen (secondary N) is 1. The monoisotopic (exact) mass is 867 g/mol. The number of carbonyl (C=O) groups excluding carboxylic acids is 2. The molecule has 3 aliphatic heterocycles. The van der Waals surface area contributed by atoms with Gasteiger partial charge in [0.05, 0.1) is 78.2 Å². The highest BCUT2D eigenvalue weighted by atomic mass is 32.2. The Balaban J connectivity index is 1.63. The van der Waals surface area contributed by atoms with Crippen LogP contribution in [0.3, 0.4) is 0 Å². The molecule has 25 heteroatoms. The van der Waals surface area contributed by atoms with Gasteiger partial charge in [-0.25, -0.2) is 4.79 Å². The Hall–Kier alpha value is -1.80. The standard InChI is InChI=1S/C33H57NO23S/c1-15(38)34-21-17(40)11-33(32(47)48,56-28(21)22(42)18(41)12-35)57-29-23(43)19(13-36)53-31(26(29)46)55-27-20(14-37)54-30(25(45)24(27)44)52-8-7-50-4-3-49-5-6-51-9-10-58-16(2)39/h17-31,35-37,40-46H,3-14H2,1-2H3,(H,34,38)(H,47,48)/t17-,18+,19+,20+,21+,22+,23-,24+,25+,26+,27+,28+,29-,30+,31-,33-/m0/s1. The molecule has 58 heavy (non-hydrogen) atoms. The summed E-state index contributed by atoms with van der Waals surface area (Å²) in [5.41, 5.74) is 0. The van der Waals surface area contributed by atoms with E-state index in [2.05, 4.69) is 5.32 Å². The van der Waals surface area contributed by atoms with Crippen molar-refractivity contribution < 1.29 is 113 Å². The molecule has 0 aliphatic carbocycles. The molecule has 0 radical (unpaired) electrons. The van der Waals surface area contributed by atoms with Crippen molar-refractivity contribution in [1.29, 1.82) is 0 Å². The molecule has 0 unspecified atom stereocenters. The Morgan fingerprint density at radius 2 is 1.36 bits per heavy atom. The van der Waals surface area contributed by atoms with Crippen molar-refractivity contribution in [2.24, 2.45) is 0 Å². The van der Waals surface area contributed by atoms with Crippen molar-refractivity contribution in [2.45, 2.75) is 118 Å². The third-order valence-electron chi connectivity index (χ3n) is 9.23. The SMILES string of the molecule is CC(=O)N[C@H]1[C@H]([C@H](O)[C@H](O)CO)O[C@@](O[C@H]2[C@@H](O)[C@@H](CO)O[C@@H](O[C@H]3[C@H](O)[C@@H](O)[C@H](OCCOCCOCCOCCSC(C)=O)O[C@@H]3CO)[C@@H]2O)(C(=O)O)C[C@@H]1O. The van der Waals surface area contributed by atoms with Crippen LogP contribution >= 0.6 is 11.8 Å². The lowest BCUT2D eigenvalue weighted by molar-refractivity contribution is -0.386. The molecule has 0 bridgehead atoms. The third kappa shape index (κ3) is 13.9. The highest BCUT2D eigenvalue weighted by molar-refractivity contribution is 8.13. The van der Waals surface area contributed by atoms with Crippen molar-refractivity contribution >= 4 is 28.8 Å². The van der Waals surface area contributed by atoms with E-state index >= 15 is 0 Å². The first kappa shape index (κ1) is 50.6. The van der Waals surface area contributed by atoms with Gasteiger partial charge in [0, 0.05) is 26.0 Å². The molecule has 24 nitrogen and oxygen atoms in total. The number of carbonyl (C=O) groups is 3. The minimum Gasteiger partial charge on any atom is -0.477 e. The molecular formula is C33H57NO23S. The van der Waals surface area contributed by atoms with Gasteiger partial charge in [0.2, 0.25) is 5.91 Å². The Labute approximate surface area is 336 Å². The van der Waals surface area contributed by atoms with E-state index in [-0.39, 0.29) is 31.5 Å². The molecule has 3 aliphatic rings. The van der Waals surface area contributed by atoms with Crippen molar-refractivity contribution in [2.75, 3.05) is 71.8 Å². The van der Waals surface area contributed by atoms with Crippen LogP contribution in [-0.2, 0) is 57.0 Å². The fourth-order valence-corrected chi connectivity index (χ4v) is 6.78. The molecule has 0 aromatic rings. The van der Waals surface area contributed by atoms with E-state index in [0.29, 0.717) is 25.6 Å². The molecule has 3 saturated heterocycles. The fourth-order valence-electron chi connectivity index (χ4n) is 6.30. The summed E-state index contributed by atoms with van der Waals surface area (Å²) in [7, 11) is 0. The third-order valence-corrected chi connectivity index (χ3v) is 10.0. The summed E-state index contributed by atoms with van der Waals surface area (Å²) in [5, 5.41) is 118. The zero-order valence-corrected chi connectivity index (χ0v) is 32.7. The molecule has 12 N–H and O–H groups in total. The number of ether oxygens (including phenoxy) is 9. The van der Waals surface area contributed by atoms with Gasteiger partial charge < -0.3 is 104 Å². The lowest BCUT2D eigenvalue weighted by atomic mass is 9.88. The van der Waals surface area contributed by atoms with Crippen LogP contribution in [0.25, 0.3) is 0 Å². The molecule has 0 saturated carbocycles. The molecule has 0 aromatic heterocycles. The zero-order valence-electron chi connectivity index (χ0n) is 31.9. The minimum atomic E-state index is -3.05. The van der Waals surface area contributed by atoms with Gasteiger partial charge >= 0.3 is 5.97 Å². The van der Waals surface area contributed by atoms with Gasteiger partial charge in [0.25, 0.3) is 5.79 Å². The smallest absolute Gasteiger partial charge is 0.364 e. The van der Waals surface area contributed by atoms with Crippen LogP contribution in [0, 0.1) is 0 Å². The number of aliphatic hydroxyl groups excluding tert-OH is 10. The van der Waals surface area contributed by atoms with Crippen LogP contribution < -0.4 is 5.32 Å². The van der Waals surface area contributed by atoms with E-state index in [1.165, 1.54) is 6.92 Å². The molecule has 3 heterocycles. The maximum Gasteiger partial charge on any atom is 0.364 e. The molecule has 338 valence electrons. The first-order valence-corrected chi connectivity index (χ1v) is 19.4. The van der Waals surface area contributed by atoms with Gasteiger partial charge in [0.1, 0.15) is 67.1 Å². The summed E-state index contributed by atoms with van der Waals surface area (Å²) in [4.78, 5) is 35.5. The van der Waals surface area contributed by atoms with Crippen LogP contribution in [0.5, 0.6) is 0 Å². The lowest BCUT2D eigenvalue weighted by Gasteiger charge is -2.50. The van der Waals surface area contributed by atoms with Crippen molar-refractivity contribution in [3.63, 3.8) is 0 Å². The maximum absolute atomic E-state index is 12.7. The Morgan fingerprint density at radius 3 is 1.91 bits per heavy atom. The van der Waals surface area contributed by atoms with Crippen molar-refractivity contribution in [3.05, 3.63) is 0 Å². The van der Waals surface area contributed by atoms with E-state index in [0.717, 1.165) is 18.7 Å². The summed E-state index contributed by atoms with van der Waals surface area (Å²) >= 11 is 1.16. The van der Waals surface area contributed by atoms with Crippen molar-refractivity contribution in [3.8, 4) is 0 Å². The number of aliphatic carboxylic acids is 1. The summed E-state index contributed by atoms with van der Waals surface area (Å²) in [6.07, 6.45) is -27.4. The molecule has 3 fully saturated rings. The van der Waals surface area contributed by atoms with E-state index in [1.54, 1.807) is 0 Å².